The molecule has 8 heteroatoms. The second-order valence-corrected chi connectivity index (χ2v) is 5.03. The predicted molar refractivity (Wildman–Crippen MR) is 68.0 cm³/mol. The number of thiazole rings is 1. The highest BCUT2D eigenvalue weighted by Crippen LogP contribution is 2.35. The van der Waals surface area contributed by atoms with Gasteiger partial charge in [0.05, 0.1) is 4.92 Å². The van der Waals surface area contributed by atoms with E-state index in [2.05, 4.69) is 20.9 Å². The van der Waals surface area contributed by atoms with Gasteiger partial charge in [-0.25, -0.2) is 0 Å². The van der Waals surface area contributed by atoms with Crippen molar-refractivity contribution >= 4 is 44.6 Å². The maximum Gasteiger partial charge on any atom is 0.312 e. The van der Waals surface area contributed by atoms with E-state index in [0.29, 0.717) is 9.63 Å². The number of rotatable bonds is 3. The number of hydrogen-bond donors (Lipinski definition) is 0. The van der Waals surface area contributed by atoms with Crippen molar-refractivity contribution in [2.24, 2.45) is 0 Å². The lowest BCUT2D eigenvalue weighted by Gasteiger charge is -2.02. The number of nitrogens with zero attached hydrogens (tertiary/aromatic N) is 2. The van der Waals surface area contributed by atoms with Gasteiger partial charge in [-0.2, -0.15) is 4.98 Å². The zero-order valence-electron chi connectivity index (χ0n) is 8.09. The van der Waals surface area contributed by atoms with Crippen LogP contribution in [0.25, 0.3) is 0 Å². The molecule has 0 atom stereocenters. The fourth-order valence-corrected chi connectivity index (χ4v) is 2.25. The van der Waals surface area contributed by atoms with E-state index in [1.807, 2.05) is 0 Å². The van der Waals surface area contributed by atoms with Crippen molar-refractivity contribution in [3.63, 3.8) is 0 Å². The van der Waals surface area contributed by atoms with E-state index in [-0.39, 0.29) is 16.6 Å². The van der Waals surface area contributed by atoms with Gasteiger partial charge in [-0.05, 0) is 12.1 Å². The van der Waals surface area contributed by atoms with Crippen molar-refractivity contribution in [1.29, 1.82) is 0 Å². The third kappa shape index (κ3) is 2.93. The minimum Gasteiger partial charge on any atom is -0.423 e. The van der Waals surface area contributed by atoms with Gasteiger partial charge in [-0.3, -0.25) is 10.1 Å². The van der Waals surface area contributed by atoms with Crippen LogP contribution in [0.1, 0.15) is 0 Å². The average Bonchev–Trinajstić information content (AvgIpc) is 2.66. The standard InChI is InChI=1S/C9H4BrClN2O3S/c10-5-1-2-7(6(3-5)13(14)15)16-9-12-8(11)4-17-9/h1-4H. The number of benzene rings is 1. The van der Waals surface area contributed by atoms with Crippen molar-refractivity contribution in [3.8, 4) is 10.9 Å². The molecule has 1 heterocycles. The summed E-state index contributed by atoms with van der Waals surface area (Å²) in [6, 6.07) is 4.51. The molecule has 17 heavy (non-hydrogen) atoms. The molecule has 0 unspecified atom stereocenters. The van der Waals surface area contributed by atoms with Crippen LogP contribution in [0.2, 0.25) is 5.15 Å². The smallest absolute Gasteiger partial charge is 0.312 e. The number of nitro groups is 1. The summed E-state index contributed by atoms with van der Waals surface area (Å²) in [5, 5.41) is 13.0. The monoisotopic (exact) mass is 334 g/mol. The van der Waals surface area contributed by atoms with Crippen LogP contribution in [-0.4, -0.2) is 9.91 Å². The molecule has 88 valence electrons. The summed E-state index contributed by atoms with van der Waals surface area (Å²) >= 11 is 9.96. The molecule has 0 saturated carbocycles. The van der Waals surface area contributed by atoms with Crippen molar-refractivity contribution in [3.05, 3.63) is 43.3 Å². The molecule has 1 aromatic carbocycles. The molecule has 2 aromatic rings. The van der Waals surface area contributed by atoms with E-state index >= 15 is 0 Å². The first-order valence-electron chi connectivity index (χ1n) is 4.29. The van der Waals surface area contributed by atoms with Crippen LogP contribution >= 0.6 is 38.9 Å². The summed E-state index contributed by atoms with van der Waals surface area (Å²) in [4.78, 5) is 14.2. The molecule has 5 nitrogen and oxygen atoms in total. The Morgan fingerprint density at radius 2 is 2.29 bits per heavy atom. The third-order valence-electron chi connectivity index (χ3n) is 1.77. The van der Waals surface area contributed by atoms with Crippen LogP contribution in [0.3, 0.4) is 0 Å². The topological polar surface area (TPSA) is 65.3 Å². The molecule has 0 aliphatic carbocycles. The number of ether oxygens (including phenoxy) is 1. The van der Waals surface area contributed by atoms with Gasteiger partial charge in [0, 0.05) is 15.9 Å². The molecule has 0 fully saturated rings. The summed E-state index contributed by atoms with van der Waals surface area (Å²) in [6.07, 6.45) is 0. The summed E-state index contributed by atoms with van der Waals surface area (Å²) in [7, 11) is 0. The zero-order valence-corrected chi connectivity index (χ0v) is 11.3. The second kappa shape index (κ2) is 4.99. The average molecular weight is 336 g/mol. The molecule has 0 saturated heterocycles. The SMILES string of the molecule is O=[N+]([O-])c1cc(Br)ccc1Oc1nc(Cl)cs1. The van der Waals surface area contributed by atoms with Crippen LogP contribution in [0, 0.1) is 10.1 Å². The number of aromatic nitrogens is 1. The van der Waals surface area contributed by atoms with Gasteiger partial charge in [0.15, 0.2) is 0 Å². The van der Waals surface area contributed by atoms with Gasteiger partial charge in [-0.1, -0.05) is 38.9 Å². The first-order chi connectivity index (χ1) is 8.06. The highest BCUT2D eigenvalue weighted by atomic mass is 79.9. The minimum atomic E-state index is -0.519. The van der Waals surface area contributed by atoms with E-state index in [0.717, 1.165) is 0 Å². The largest absolute Gasteiger partial charge is 0.423 e. The lowest BCUT2D eigenvalue weighted by molar-refractivity contribution is -0.385. The Hall–Kier alpha value is -1.18. The Balaban J connectivity index is 2.35. The Bertz CT molecular complexity index is 575. The molecular weight excluding hydrogens is 332 g/mol. The maximum atomic E-state index is 10.8. The Kier molecular flexibility index (Phi) is 3.60. The fraction of sp³-hybridized carbons (Fsp3) is 0. The predicted octanol–water partition coefficient (Wildman–Crippen LogP) is 4.26. The molecule has 0 spiro atoms. The third-order valence-corrected chi connectivity index (χ3v) is 3.30. The van der Waals surface area contributed by atoms with E-state index in [1.54, 1.807) is 11.4 Å². The van der Waals surface area contributed by atoms with E-state index in [9.17, 15) is 10.1 Å². The Morgan fingerprint density at radius 1 is 1.53 bits per heavy atom. The number of hydrogen-bond acceptors (Lipinski definition) is 5. The van der Waals surface area contributed by atoms with E-state index in [1.165, 1.54) is 23.5 Å². The van der Waals surface area contributed by atoms with E-state index < -0.39 is 4.92 Å². The molecular formula is C9H4BrClN2O3S. The van der Waals surface area contributed by atoms with Crippen molar-refractivity contribution in [1.82, 2.24) is 4.98 Å². The molecule has 2 rings (SSSR count). The quantitative estimate of drug-likeness (QED) is 0.621. The molecule has 1 aromatic heterocycles. The van der Waals surface area contributed by atoms with Gasteiger partial charge in [-0.15, -0.1) is 0 Å². The number of halogens is 2. The first-order valence-corrected chi connectivity index (χ1v) is 6.34. The van der Waals surface area contributed by atoms with Crippen LogP contribution in [0.4, 0.5) is 5.69 Å². The summed E-state index contributed by atoms with van der Waals surface area (Å²) in [5.41, 5.74) is -0.134. The molecule has 0 radical (unpaired) electrons. The summed E-state index contributed by atoms with van der Waals surface area (Å²) < 4.78 is 5.91. The zero-order chi connectivity index (χ0) is 12.4. The fourth-order valence-electron chi connectivity index (χ4n) is 1.10. The highest BCUT2D eigenvalue weighted by molar-refractivity contribution is 9.10. The number of nitro benzene ring substituents is 1. The van der Waals surface area contributed by atoms with Gasteiger partial charge in [0.1, 0.15) is 5.15 Å². The maximum absolute atomic E-state index is 10.8. The van der Waals surface area contributed by atoms with Crippen LogP contribution in [0.5, 0.6) is 10.9 Å². The normalized spacial score (nSPS) is 10.2. The van der Waals surface area contributed by atoms with E-state index in [4.69, 9.17) is 16.3 Å². The molecule has 0 amide bonds. The van der Waals surface area contributed by atoms with Crippen molar-refractivity contribution in [2.75, 3.05) is 0 Å². The minimum absolute atomic E-state index is 0.129. The Morgan fingerprint density at radius 3 is 2.88 bits per heavy atom. The Labute approximate surface area is 113 Å². The van der Waals surface area contributed by atoms with Crippen molar-refractivity contribution < 1.29 is 9.66 Å². The first kappa shape index (κ1) is 12.3. The highest BCUT2D eigenvalue weighted by Gasteiger charge is 2.17. The van der Waals surface area contributed by atoms with Gasteiger partial charge in [0.25, 0.3) is 5.19 Å². The lowest BCUT2D eigenvalue weighted by atomic mass is 10.3. The lowest BCUT2D eigenvalue weighted by Crippen LogP contribution is -1.93. The van der Waals surface area contributed by atoms with Gasteiger partial charge in [0.2, 0.25) is 5.75 Å². The summed E-state index contributed by atoms with van der Waals surface area (Å²) in [5.74, 6) is 0.129. The van der Waals surface area contributed by atoms with Crippen LogP contribution < -0.4 is 4.74 Å². The van der Waals surface area contributed by atoms with Crippen LogP contribution in [0.15, 0.2) is 28.1 Å². The van der Waals surface area contributed by atoms with Gasteiger partial charge >= 0.3 is 5.69 Å². The molecule has 0 bridgehead atoms. The van der Waals surface area contributed by atoms with Crippen molar-refractivity contribution in [2.45, 2.75) is 0 Å². The molecule has 0 aliphatic rings. The molecule has 0 aliphatic heterocycles. The summed E-state index contributed by atoms with van der Waals surface area (Å²) in [6.45, 7) is 0. The second-order valence-electron chi connectivity index (χ2n) is 2.91. The molecule has 0 N–H and O–H groups in total. The van der Waals surface area contributed by atoms with Gasteiger partial charge < -0.3 is 4.74 Å². The van der Waals surface area contributed by atoms with Crippen LogP contribution in [-0.2, 0) is 0 Å².